The zero-order valence-corrected chi connectivity index (χ0v) is 13.0. The fraction of sp³-hybridized carbons (Fsp3) is 0.929. The topological polar surface area (TPSA) is 32.8 Å². The van der Waals surface area contributed by atoms with Crippen molar-refractivity contribution < 1.29 is 9.53 Å². The van der Waals surface area contributed by atoms with Gasteiger partial charge in [-0.15, -0.1) is 0 Å². The number of ether oxygens (including phenoxy) is 1. The van der Waals surface area contributed by atoms with E-state index >= 15 is 0 Å². The van der Waals surface area contributed by atoms with Gasteiger partial charge >= 0.3 is 0 Å². The summed E-state index contributed by atoms with van der Waals surface area (Å²) in [5, 5.41) is 0. The molecular formula is C14H30N2O2. The highest BCUT2D eigenvalue weighted by molar-refractivity contribution is 5.78. The number of hydrogen-bond donors (Lipinski definition) is 0. The summed E-state index contributed by atoms with van der Waals surface area (Å²) in [6, 6.07) is 0. The Kier molecular flexibility index (Phi) is 8.20. The van der Waals surface area contributed by atoms with Crippen LogP contribution in [-0.2, 0) is 9.53 Å². The average Bonchev–Trinajstić information content (AvgIpc) is 2.75. The minimum absolute atomic E-state index is 0.132. The van der Waals surface area contributed by atoms with Gasteiger partial charge in [-0.1, -0.05) is 27.7 Å². The fourth-order valence-electron chi connectivity index (χ4n) is 2.57. The van der Waals surface area contributed by atoms with Gasteiger partial charge in [0.05, 0.1) is 0 Å². The summed E-state index contributed by atoms with van der Waals surface area (Å²) in [6.07, 6.45) is 1.24. The first-order valence-corrected chi connectivity index (χ1v) is 7.10. The van der Waals surface area contributed by atoms with Gasteiger partial charge in [0.25, 0.3) is 0 Å². The Labute approximate surface area is 112 Å². The van der Waals surface area contributed by atoms with Gasteiger partial charge in [-0.3, -0.25) is 4.79 Å². The van der Waals surface area contributed by atoms with Gasteiger partial charge in [-0.2, -0.15) is 0 Å². The second kappa shape index (κ2) is 8.48. The van der Waals surface area contributed by atoms with Crippen molar-refractivity contribution in [3.8, 4) is 0 Å². The van der Waals surface area contributed by atoms with Crippen molar-refractivity contribution in [3.63, 3.8) is 0 Å². The van der Waals surface area contributed by atoms with E-state index in [0.29, 0.717) is 5.41 Å². The summed E-state index contributed by atoms with van der Waals surface area (Å²) in [4.78, 5) is 15.7. The molecule has 2 aliphatic heterocycles. The summed E-state index contributed by atoms with van der Waals surface area (Å²) in [7, 11) is 3.71. The van der Waals surface area contributed by atoms with Gasteiger partial charge in [-0.25, -0.2) is 0 Å². The van der Waals surface area contributed by atoms with Crippen LogP contribution in [0.15, 0.2) is 0 Å². The van der Waals surface area contributed by atoms with Crippen LogP contribution in [0.25, 0.3) is 0 Å². The van der Waals surface area contributed by atoms with Crippen LogP contribution >= 0.6 is 0 Å². The Bertz CT molecular complexity index is 238. The van der Waals surface area contributed by atoms with Crippen LogP contribution in [0.5, 0.6) is 0 Å². The fourth-order valence-corrected chi connectivity index (χ4v) is 2.57. The summed E-state index contributed by atoms with van der Waals surface area (Å²) in [5.41, 5.74) is 0.415. The number of rotatable bonds is 2. The second-order valence-corrected chi connectivity index (χ2v) is 4.67. The summed E-state index contributed by atoms with van der Waals surface area (Å²) in [5.74, 6) is 0.132. The van der Waals surface area contributed by atoms with Gasteiger partial charge in [0, 0.05) is 32.2 Å². The first-order valence-electron chi connectivity index (χ1n) is 7.10. The van der Waals surface area contributed by atoms with Crippen molar-refractivity contribution in [2.45, 2.75) is 34.1 Å². The first kappa shape index (κ1) is 17.4. The van der Waals surface area contributed by atoms with Crippen molar-refractivity contribution in [1.29, 1.82) is 0 Å². The highest BCUT2D eigenvalue weighted by Gasteiger charge is 2.48. The molecule has 1 spiro atoms. The number of nitrogens with zero attached hydrogens (tertiary/aromatic N) is 2. The van der Waals surface area contributed by atoms with Crippen molar-refractivity contribution in [2.24, 2.45) is 5.41 Å². The van der Waals surface area contributed by atoms with Crippen LogP contribution in [0, 0.1) is 5.41 Å². The molecule has 0 aromatic carbocycles. The molecule has 0 unspecified atom stereocenters. The molecule has 0 atom stereocenters. The number of amides is 1. The van der Waals surface area contributed by atoms with E-state index in [-0.39, 0.29) is 12.5 Å². The van der Waals surface area contributed by atoms with Crippen LogP contribution in [0.4, 0.5) is 0 Å². The third-order valence-corrected chi connectivity index (χ3v) is 3.30. The molecule has 2 aliphatic rings. The Hall–Kier alpha value is -0.610. The number of likely N-dealkylation sites (tertiary alicyclic amines) is 2. The van der Waals surface area contributed by atoms with E-state index < -0.39 is 0 Å². The van der Waals surface area contributed by atoms with Crippen LogP contribution in [0.3, 0.4) is 0 Å². The van der Waals surface area contributed by atoms with E-state index in [9.17, 15) is 4.79 Å². The SMILES string of the molecule is CC.CC.COCC(=O)N1CC2(CCN(C)C2)C1. The minimum atomic E-state index is 0.132. The molecule has 0 radical (unpaired) electrons. The molecule has 18 heavy (non-hydrogen) atoms. The molecule has 0 aromatic rings. The third kappa shape index (κ3) is 4.25. The number of hydrogen-bond acceptors (Lipinski definition) is 3. The highest BCUT2D eigenvalue weighted by atomic mass is 16.5. The number of methoxy groups -OCH3 is 1. The summed E-state index contributed by atoms with van der Waals surface area (Å²) < 4.78 is 4.83. The zero-order chi connectivity index (χ0) is 14.2. The maximum Gasteiger partial charge on any atom is 0.248 e. The second-order valence-electron chi connectivity index (χ2n) is 4.67. The molecule has 4 nitrogen and oxygen atoms in total. The van der Waals surface area contributed by atoms with Gasteiger partial charge in [0.1, 0.15) is 6.61 Å². The molecule has 2 saturated heterocycles. The van der Waals surface area contributed by atoms with E-state index in [1.165, 1.54) is 13.0 Å². The van der Waals surface area contributed by atoms with Crippen LogP contribution in [-0.4, -0.2) is 62.7 Å². The maximum atomic E-state index is 11.4. The summed E-state index contributed by atoms with van der Waals surface area (Å²) >= 11 is 0. The molecule has 0 bridgehead atoms. The predicted molar refractivity (Wildman–Crippen MR) is 75.7 cm³/mol. The smallest absolute Gasteiger partial charge is 0.248 e. The van der Waals surface area contributed by atoms with Crippen LogP contribution in [0.2, 0.25) is 0 Å². The zero-order valence-electron chi connectivity index (χ0n) is 13.0. The molecule has 0 aliphatic carbocycles. The quantitative estimate of drug-likeness (QED) is 0.758. The highest BCUT2D eigenvalue weighted by Crippen LogP contribution is 2.38. The maximum absolute atomic E-state index is 11.4. The molecule has 0 aromatic heterocycles. The largest absolute Gasteiger partial charge is 0.375 e. The Morgan fingerprint density at radius 3 is 2.11 bits per heavy atom. The van der Waals surface area contributed by atoms with E-state index in [4.69, 9.17) is 4.74 Å². The third-order valence-electron chi connectivity index (χ3n) is 3.30. The lowest BCUT2D eigenvalue weighted by Gasteiger charge is -2.48. The van der Waals surface area contributed by atoms with Gasteiger partial charge < -0.3 is 14.5 Å². The molecule has 0 N–H and O–H groups in total. The van der Waals surface area contributed by atoms with Gasteiger partial charge in [-0.05, 0) is 20.0 Å². The number of carbonyl (C=O) groups excluding carboxylic acids is 1. The Morgan fingerprint density at radius 2 is 1.72 bits per heavy atom. The lowest BCUT2D eigenvalue weighted by Crippen LogP contribution is -2.60. The lowest BCUT2D eigenvalue weighted by atomic mass is 9.79. The number of carbonyl (C=O) groups is 1. The molecule has 108 valence electrons. The summed E-state index contributed by atoms with van der Waals surface area (Å²) in [6.45, 7) is 12.4. The normalized spacial score (nSPS) is 20.4. The predicted octanol–water partition coefficient (Wildman–Crippen LogP) is 1.85. The Morgan fingerprint density at radius 1 is 1.17 bits per heavy atom. The van der Waals surface area contributed by atoms with E-state index in [1.807, 2.05) is 32.6 Å². The van der Waals surface area contributed by atoms with E-state index in [2.05, 4.69) is 11.9 Å². The standard InChI is InChI=1S/C10H18N2O2.2C2H6/c1-11-4-3-10(6-11)7-12(8-10)9(13)5-14-2;2*1-2/h3-8H2,1-2H3;2*1-2H3. The van der Waals surface area contributed by atoms with Gasteiger partial charge in [0.15, 0.2) is 0 Å². The first-order chi connectivity index (χ1) is 8.65. The average molecular weight is 258 g/mol. The van der Waals surface area contributed by atoms with Crippen molar-refractivity contribution in [2.75, 3.05) is 46.9 Å². The molecule has 0 saturated carbocycles. The monoisotopic (exact) mass is 258 g/mol. The lowest BCUT2D eigenvalue weighted by molar-refractivity contribution is -0.146. The van der Waals surface area contributed by atoms with Crippen molar-refractivity contribution in [1.82, 2.24) is 9.80 Å². The molecular weight excluding hydrogens is 228 g/mol. The van der Waals surface area contributed by atoms with Crippen molar-refractivity contribution in [3.05, 3.63) is 0 Å². The molecule has 1 amide bonds. The van der Waals surface area contributed by atoms with Crippen LogP contribution < -0.4 is 0 Å². The molecule has 2 rings (SSSR count). The van der Waals surface area contributed by atoms with E-state index in [1.54, 1.807) is 7.11 Å². The van der Waals surface area contributed by atoms with Crippen molar-refractivity contribution >= 4 is 5.91 Å². The minimum Gasteiger partial charge on any atom is -0.375 e. The van der Waals surface area contributed by atoms with Crippen LogP contribution in [0.1, 0.15) is 34.1 Å². The Balaban J connectivity index is 0.000000659. The van der Waals surface area contributed by atoms with E-state index in [0.717, 1.165) is 19.6 Å². The molecule has 2 heterocycles. The molecule has 2 fully saturated rings. The van der Waals surface area contributed by atoms with Gasteiger partial charge in [0.2, 0.25) is 5.91 Å². The molecule has 4 heteroatoms.